The van der Waals surface area contributed by atoms with Gasteiger partial charge in [0.2, 0.25) is 0 Å². The summed E-state index contributed by atoms with van der Waals surface area (Å²) in [7, 11) is 0. The highest BCUT2D eigenvalue weighted by Gasteiger charge is 2.39. The second kappa shape index (κ2) is 6.96. The zero-order chi connectivity index (χ0) is 17.2. The van der Waals surface area contributed by atoms with Crippen molar-refractivity contribution in [2.45, 2.75) is 50.7 Å². The van der Waals surface area contributed by atoms with Crippen LogP contribution in [0.25, 0.3) is 5.69 Å². The number of carbonyl (C=O) groups excluding carboxylic acids is 1. The van der Waals surface area contributed by atoms with Crippen molar-refractivity contribution in [2.75, 3.05) is 6.54 Å². The highest BCUT2D eigenvalue weighted by atomic mass is 16.3. The maximum atomic E-state index is 13.0. The zero-order valence-corrected chi connectivity index (χ0v) is 14.3. The molecule has 0 spiro atoms. The lowest BCUT2D eigenvalue weighted by Gasteiger charge is -2.33. The van der Waals surface area contributed by atoms with Gasteiger partial charge in [0, 0.05) is 23.8 Å². The molecular weight excluding hydrogens is 316 g/mol. The lowest BCUT2D eigenvalue weighted by Crippen LogP contribution is -2.41. The smallest absolute Gasteiger partial charge is 0.254 e. The average Bonchev–Trinajstić information content (AvgIpc) is 3.32. The van der Waals surface area contributed by atoms with E-state index in [1.54, 1.807) is 17.2 Å². The lowest BCUT2D eigenvalue weighted by atomic mass is 9.82. The summed E-state index contributed by atoms with van der Waals surface area (Å²) in [4.78, 5) is 14.9. The van der Waals surface area contributed by atoms with Crippen molar-refractivity contribution >= 4 is 5.91 Å². The van der Waals surface area contributed by atoms with Gasteiger partial charge < -0.3 is 10.0 Å². The Labute approximate surface area is 147 Å². The van der Waals surface area contributed by atoms with Gasteiger partial charge in [0.25, 0.3) is 5.91 Å². The minimum atomic E-state index is -0.396. The molecule has 0 radical (unpaired) electrons. The largest absolute Gasteiger partial charge is 0.391 e. The molecule has 2 fully saturated rings. The van der Waals surface area contributed by atoms with Crippen LogP contribution < -0.4 is 0 Å². The highest BCUT2D eigenvalue weighted by Crippen LogP contribution is 2.35. The topological polar surface area (TPSA) is 71.2 Å². The van der Waals surface area contributed by atoms with Crippen LogP contribution in [-0.4, -0.2) is 49.4 Å². The Morgan fingerprint density at radius 3 is 2.40 bits per heavy atom. The summed E-state index contributed by atoms with van der Waals surface area (Å²) in [6.45, 7) is 0.452. The van der Waals surface area contributed by atoms with Crippen LogP contribution in [0.1, 0.15) is 48.9 Å². The fourth-order valence-electron chi connectivity index (χ4n) is 4.32. The molecule has 0 unspecified atom stereocenters. The van der Waals surface area contributed by atoms with Crippen LogP contribution in [0.15, 0.2) is 36.9 Å². The molecule has 1 saturated heterocycles. The van der Waals surface area contributed by atoms with E-state index in [2.05, 4.69) is 10.2 Å². The molecule has 4 rings (SSSR count). The summed E-state index contributed by atoms with van der Waals surface area (Å²) >= 11 is 0. The number of nitrogens with zero attached hydrogens (tertiary/aromatic N) is 4. The van der Waals surface area contributed by atoms with Crippen molar-refractivity contribution in [3.63, 3.8) is 0 Å². The third kappa shape index (κ3) is 3.31. The van der Waals surface area contributed by atoms with E-state index < -0.39 is 6.10 Å². The molecule has 1 aliphatic heterocycles. The highest BCUT2D eigenvalue weighted by molar-refractivity contribution is 5.94. The number of β-amino-alcohol motifs (C(OH)–C–C–N with tert-alkyl or cyclic N) is 1. The third-order valence-corrected chi connectivity index (χ3v) is 5.61. The predicted octanol–water partition coefficient (Wildman–Crippen LogP) is 2.42. The van der Waals surface area contributed by atoms with Crippen molar-refractivity contribution in [3.8, 4) is 5.69 Å². The summed E-state index contributed by atoms with van der Waals surface area (Å²) < 4.78 is 1.80. The van der Waals surface area contributed by atoms with Crippen LogP contribution >= 0.6 is 0 Å². The van der Waals surface area contributed by atoms with E-state index in [1.165, 1.54) is 32.1 Å². The van der Waals surface area contributed by atoms with Crippen molar-refractivity contribution in [2.24, 2.45) is 5.92 Å². The standard InChI is InChI=1S/C19H24N4O2/c24-17-10-18(14-4-2-1-3-5-14)23(11-17)19(25)15-6-8-16(9-7-15)22-12-20-21-13-22/h6-9,12-14,17-18,24H,1-5,10-11H2/t17-,18-/m1/s1. The SMILES string of the molecule is O=C(c1ccc(-n2cnnc2)cc1)N1C[C@H](O)C[C@@H]1C1CCCCC1. The van der Waals surface area contributed by atoms with Crippen molar-refractivity contribution < 1.29 is 9.90 Å². The van der Waals surface area contributed by atoms with Gasteiger partial charge in [-0.05, 0) is 49.4 Å². The number of rotatable bonds is 3. The molecule has 0 bridgehead atoms. The number of amides is 1. The molecule has 2 atom stereocenters. The quantitative estimate of drug-likeness (QED) is 0.931. The van der Waals surface area contributed by atoms with Gasteiger partial charge in [-0.3, -0.25) is 9.36 Å². The summed E-state index contributed by atoms with van der Waals surface area (Å²) in [6, 6.07) is 7.68. The fraction of sp³-hybridized carbons (Fsp3) is 0.526. The van der Waals surface area contributed by atoms with E-state index in [0.29, 0.717) is 18.0 Å². The number of aliphatic hydroxyl groups is 1. The van der Waals surface area contributed by atoms with Crippen molar-refractivity contribution in [3.05, 3.63) is 42.5 Å². The molecular formula is C19H24N4O2. The Morgan fingerprint density at radius 2 is 1.72 bits per heavy atom. The normalized spacial score (nSPS) is 24.6. The first-order valence-corrected chi connectivity index (χ1v) is 9.16. The molecule has 2 aliphatic rings. The predicted molar refractivity (Wildman–Crippen MR) is 93.4 cm³/mol. The van der Waals surface area contributed by atoms with Crippen LogP contribution in [0.2, 0.25) is 0 Å². The molecule has 1 N–H and O–H groups in total. The molecule has 6 heteroatoms. The number of aliphatic hydroxyl groups excluding tert-OH is 1. The van der Waals surface area contributed by atoms with Crippen LogP contribution in [0.3, 0.4) is 0 Å². The number of carbonyl (C=O) groups is 1. The van der Waals surface area contributed by atoms with Crippen molar-refractivity contribution in [1.29, 1.82) is 0 Å². The Kier molecular flexibility index (Phi) is 4.53. The number of aromatic nitrogens is 3. The van der Waals surface area contributed by atoms with Gasteiger partial charge in [-0.15, -0.1) is 10.2 Å². The van der Waals surface area contributed by atoms with E-state index in [1.807, 2.05) is 29.2 Å². The fourth-order valence-corrected chi connectivity index (χ4v) is 4.32. The monoisotopic (exact) mass is 340 g/mol. The number of benzene rings is 1. The van der Waals surface area contributed by atoms with Gasteiger partial charge in [-0.25, -0.2) is 0 Å². The summed E-state index contributed by atoms with van der Waals surface area (Å²) in [5.41, 5.74) is 1.60. The Morgan fingerprint density at radius 1 is 1.04 bits per heavy atom. The van der Waals surface area contributed by atoms with E-state index in [4.69, 9.17) is 0 Å². The van der Waals surface area contributed by atoms with Crippen molar-refractivity contribution in [1.82, 2.24) is 19.7 Å². The van der Waals surface area contributed by atoms with Gasteiger partial charge in [0.15, 0.2) is 0 Å². The van der Waals surface area contributed by atoms with Gasteiger partial charge in [0.1, 0.15) is 12.7 Å². The van der Waals surface area contributed by atoms with Gasteiger partial charge in [-0.2, -0.15) is 0 Å². The summed E-state index contributed by atoms with van der Waals surface area (Å²) in [5.74, 6) is 0.563. The maximum Gasteiger partial charge on any atom is 0.254 e. The molecule has 132 valence electrons. The van der Waals surface area contributed by atoms with E-state index in [9.17, 15) is 9.90 Å². The van der Waals surface area contributed by atoms with Crippen LogP contribution in [0.4, 0.5) is 0 Å². The maximum absolute atomic E-state index is 13.0. The molecule has 6 nitrogen and oxygen atoms in total. The zero-order valence-electron chi connectivity index (χ0n) is 14.3. The molecule has 1 amide bonds. The molecule has 25 heavy (non-hydrogen) atoms. The third-order valence-electron chi connectivity index (χ3n) is 5.61. The molecule has 2 heterocycles. The Bertz CT molecular complexity index is 708. The number of likely N-dealkylation sites (tertiary alicyclic amines) is 1. The Balaban J connectivity index is 1.52. The summed E-state index contributed by atoms with van der Waals surface area (Å²) in [5, 5.41) is 17.8. The summed E-state index contributed by atoms with van der Waals surface area (Å²) in [6.07, 6.45) is 9.72. The minimum absolute atomic E-state index is 0.0300. The number of hydrogen-bond donors (Lipinski definition) is 1. The van der Waals surface area contributed by atoms with E-state index >= 15 is 0 Å². The minimum Gasteiger partial charge on any atom is -0.391 e. The van der Waals surface area contributed by atoms with Gasteiger partial charge >= 0.3 is 0 Å². The van der Waals surface area contributed by atoms with Crippen LogP contribution in [0, 0.1) is 5.92 Å². The van der Waals surface area contributed by atoms with E-state index in [0.717, 1.165) is 12.1 Å². The van der Waals surface area contributed by atoms with Crippen LogP contribution in [-0.2, 0) is 0 Å². The second-order valence-corrected chi connectivity index (χ2v) is 7.23. The molecule has 1 aromatic carbocycles. The molecule has 2 aromatic rings. The Hall–Kier alpha value is -2.21. The first kappa shape index (κ1) is 16.3. The average molecular weight is 340 g/mol. The first-order valence-electron chi connectivity index (χ1n) is 9.16. The molecule has 1 aromatic heterocycles. The second-order valence-electron chi connectivity index (χ2n) is 7.23. The van der Waals surface area contributed by atoms with E-state index in [-0.39, 0.29) is 11.9 Å². The first-order chi connectivity index (χ1) is 12.2. The van der Waals surface area contributed by atoms with Crippen LogP contribution in [0.5, 0.6) is 0 Å². The van der Waals surface area contributed by atoms with Gasteiger partial charge in [-0.1, -0.05) is 19.3 Å². The molecule has 1 aliphatic carbocycles. The number of hydrogen-bond acceptors (Lipinski definition) is 4. The lowest BCUT2D eigenvalue weighted by molar-refractivity contribution is 0.0650. The van der Waals surface area contributed by atoms with Gasteiger partial charge in [0.05, 0.1) is 6.10 Å². The molecule has 1 saturated carbocycles.